The van der Waals surface area contributed by atoms with Gasteiger partial charge in [0.2, 0.25) is 35.4 Å². The molecular weight excluding hydrogens is 1640 g/mol. The number of benzene rings is 6. The lowest BCUT2D eigenvalue weighted by atomic mass is 10.0. The van der Waals surface area contributed by atoms with Gasteiger partial charge in [-0.1, -0.05) is 178 Å². The molecule has 1 aliphatic carbocycles. The smallest absolute Gasteiger partial charge is 0.256 e. The molecule has 0 radical (unpaired) electrons. The second-order valence-corrected chi connectivity index (χ2v) is 36.3. The van der Waals surface area contributed by atoms with Crippen LogP contribution in [0.5, 0.6) is 0 Å². The average Bonchev–Trinajstić information content (AvgIpc) is 1.61. The topological polar surface area (TPSA) is 309 Å². The molecule has 1 saturated carbocycles. The summed E-state index contributed by atoms with van der Waals surface area (Å²) in [6, 6.07) is 37.6. The van der Waals surface area contributed by atoms with Crippen molar-refractivity contribution in [2.24, 2.45) is 17.8 Å². The van der Waals surface area contributed by atoms with Gasteiger partial charge < -0.3 is 60.7 Å². The van der Waals surface area contributed by atoms with Gasteiger partial charge in [0.1, 0.15) is 36.3 Å². The standard InChI is InChI=1S/C31H34N4O4S.C29H31BrN4O4S.C29H31ClN4O4S/c1-18(2)27(35-15-22-5-3-4-6-24(22)30(35)38)31(39)34-16-23(36)13-25(34)29(37)32-14-19-7-9-21(10-8-19)28-26(20-11-12-20)33-17-40-28;1-16(2)25(34-13-20-8-9-21(30)10-23(20)28(34)37)29(38)33-14-22(35)11-24(33)27(36)31-12-18-4-6-19(7-5-18)26-17(3)32-15-39-26;1-16(2)25(34-13-20-5-4-6-22(30)24(20)28(34)37)29(38)33-14-21(35)11-23(33)27(36)31-12-18-7-9-19(10-8-18)26-17(3)32-15-39-26/h3-10,17-18,20,23,25,27,36H,11-16H2,1-2H3,(H,32,37);4-10,15-16,22,24-25,35H,11-14H2,1-3H3,(H,31,36);4-10,15-16,21,23,25,35H,11-14H2,1-3H3,(H,31,36)/t23-,25+,27+;22-,24+,25+;21-,23+,25+/m111/s1. The Morgan fingerprint density at radius 1 is 0.466 bits per heavy atom. The summed E-state index contributed by atoms with van der Waals surface area (Å²) in [5, 5.41) is 40.5. The van der Waals surface area contributed by atoms with Gasteiger partial charge in [0, 0.05) is 99.7 Å². The minimum absolute atomic E-state index is 0.0404. The summed E-state index contributed by atoms with van der Waals surface area (Å²) in [6.45, 7) is 17.4. The summed E-state index contributed by atoms with van der Waals surface area (Å²) >= 11 is 14.5. The molecule has 9 atom stereocenters. The number of carbonyl (C=O) groups excluding carboxylic acids is 9. The molecule has 616 valence electrons. The molecule has 3 saturated heterocycles. The van der Waals surface area contributed by atoms with Gasteiger partial charge in [0.05, 0.1) is 77.1 Å². The first-order valence-corrected chi connectivity index (χ1v) is 43.8. The number of fused-ring (bicyclic) bond motifs is 3. The number of thiazole rings is 3. The van der Waals surface area contributed by atoms with Gasteiger partial charge in [-0.15, -0.1) is 34.0 Å². The molecule has 9 aromatic rings. The van der Waals surface area contributed by atoms with E-state index in [9.17, 15) is 58.5 Å². The molecular formula is C89H96BrClN12O12S3. The fourth-order valence-electron chi connectivity index (χ4n) is 16.9. The van der Waals surface area contributed by atoms with Gasteiger partial charge in [-0.2, -0.15) is 0 Å². The molecule has 7 aliphatic rings. The van der Waals surface area contributed by atoms with E-state index in [1.54, 1.807) is 68.1 Å². The van der Waals surface area contributed by atoms with E-state index in [2.05, 4.69) is 59.0 Å². The van der Waals surface area contributed by atoms with Gasteiger partial charge in [0.15, 0.2) is 0 Å². The van der Waals surface area contributed by atoms with Crippen molar-refractivity contribution in [2.75, 3.05) is 19.6 Å². The number of nitrogens with one attached hydrogen (secondary N) is 3. The van der Waals surface area contributed by atoms with Crippen molar-refractivity contribution >= 4 is 115 Å². The zero-order valence-electron chi connectivity index (χ0n) is 66.9. The third kappa shape index (κ3) is 18.1. The fraction of sp³-hybridized carbons (Fsp3) is 0.393. The van der Waals surface area contributed by atoms with Crippen LogP contribution in [0.25, 0.3) is 31.3 Å². The SMILES string of the molecule is CC(C)[C@@H](C(=O)N1C[C@H](O)C[C@H]1C(=O)NCc1ccc(-c2scnc2C2CC2)cc1)N1Cc2ccccc2C1=O.Cc1ncsc1-c1ccc(CNC(=O)[C@@H]2C[C@@H](O)CN2C(=O)[C@H](C(C)C)N2Cc3ccc(Br)cc3C2=O)cc1.Cc1ncsc1-c1ccc(CNC(=O)[C@@H]2C[C@@H](O)CN2C(=O)[C@H](C(C)C)N2Cc3cccc(Cl)c3C2=O)cc1. The van der Waals surface area contributed by atoms with Gasteiger partial charge >= 0.3 is 0 Å². The molecule has 0 spiro atoms. The summed E-state index contributed by atoms with van der Waals surface area (Å²) in [5.41, 5.74) is 18.9. The molecule has 6 aromatic carbocycles. The maximum absolute atomic E-state index is 13.9. The van der Waals surface area contributed by atoms with Crippen molar-refractivity contribution < 1.29 is 58.5 Å². The first-order valence-electron chi connectivity index (χ1n) is 40.0. The molecule has 118 heavy (non-hydrogen) atoms. The number of aryl methyl sites for hydroxylation is 2. The number of rotatable bonds is 22. The van der Waals surface area contributed by atoms with E-state index in [4.69, 9.17) is 11.6 Å². The summed E-state index contributed by atoms with van der Waals surface area (Å²) < 4.78 is 0.802. The largest absolute Gasteiger partial charge is 0.391 e. The summed E-state index contributed by atoms with van der Waals surface area (Å²) in [7, 11) is 0. The lowest BCUT2D eigenvalue weighted by Crippen LogP contribution is -2.55. The number of aromatic nitrogens is 3. The molecule has 9 amide bonds. The van der Waals surface area contributed by atoms with Crippen LogP contribution in [-0.4, -0.2) is 187 Å². The maximum Gasteiger partial charge on any atom is 0.256 e. The van der Waals surface area contributed by atoms with Crippen LogP contribution in [0.4, 0.5) is 0 Å². The highest BCUT2D eigenvalue weighted by molar-refractivity contribution is 9.10. The van der Waals surface area contributed by atoms with Gasteiger partial charge in [-0.25, -0.2) is 15.0 Å². The zero-order chi connectivity index (χ0) is 83.7. The lowest BCUT2D eigenvalue weighted by Gasteiger charge is -2.35. The number of likely N-dealkylation sites (tertiary alicyclic amines) is 3. The van der Waals surface area contributed by atoms with E-state index in [0.29, 0.717) is 60.4 Å². The molecule has 29 heteroatoms. The monoisotopic (exact) mass is 1730 g/mol. The molecule has 3 aromatic heterocycles. The lowest BCUT2D eigenvalue weighted by molar-refractivity contribution is -0.143. The second kappa shape index (κ2) is 36.4. The number of aliphatic hydroxyl groups is 3. The number of β-amino-alcohol motifs (C(OH)–C–C–N with tert-alkyl or cyclic N) is 3. The van der Waals surface area contributed by atoms with Crippen molar-refractivity contribution in [3.8, 4) is 31.3 Å². The summed E-state index contributed by atoms with van der Waals surface area (Å²) in [6.07, 6.45) is 0.469. The Morgan fingerprint density at radius 3 is 1.24 bits per heavy atom. The molecule has 24 nitrogen and oxygen atoms in total. The molecule has 0 bridgehead atoms. The second-order valence-electron chi connectivity index (χ2n) is 32.4. The van der Waals surface area contributed by atoms with Crippen molar-refractivity contribution in [3.63, 3.8) is 0 Å². The number of hydrogen-bond donors (Lipinski definition) is 6. The normalized spacial score (nSPS) is 20.1. The number of aliphatic hydroxyl groups excluding tert-OH is 3. The molecule has 9 heterocycles. The van der Waals surface area contributed by atoms with Crippen molar-refractivity contribution in [1.82, 2.24) is 60.3 Å². The highest BCUT2D eigenvalue weighted by atomic mass is 79.9. The third-order valence-electron chi connectivity index (χ3n) is 23.0. The van der Waals surface area contributed by atoms with Crippen LogP contribution >= 0.6 is 61.5 Å². The van der Waals surface area contributed by atoms with Crippen LogP contribution in [-0.2, 0) is 68.0 Å². The Balaban J connectivity index is 0.000000145. The molecule has 4 fully saturated rings. The van der Waals surface area contributed by atoms with Gasteiger partial charge in [0.25, 0.3) is 17.7 Å². The predicted octanol–water partition coefficient (Wildman–Crippen LogP) is 12.1. The van der Waals surface area contributed by atoms with Crippen molar-refractivity contribution in [3.05, 3.63) is 227 Å². The average molecular weight is 1740 g/mol. The highest BCUT2D eigenvalue weighted by Gasteiger charge is 2.50. The van der Waals surface area contributed by atoms with Crippen LogP contribution in [0, 0.1) is 31.6 Å². The van der Waals surface area contributed by atoms with Gasteiger partial charge in [-0.3, -0.25) is 43.2 Å². The van der Waals surface area contributed by atoms with Crippen molar-refractivity contribution in [2.45, 2.75) is 187 Å². The van der Waals surface area contributed by atoms with E-state index in [-0.39, 0.29) is 116 Å². The van der Waals surface area contributed by atoms with E-state index >= 15 is 0 Å². The van der Waals surface area contributed by atoms with Gasteiger partial charge in [-0.05, 0) is 119 Å². The summed E-state index contributed by atoms with van der Waals surface area (Å²) in [4.78, 5) is 147. The minimum Gasteiger partial charge on any atom is -0.391 e. The number of hydrogen-bond acceptors (Lipinski definition) is 18. The Labute approximate surface area is 711 Å². The Bertz CT molecular complexity index is 5270. The maximum atomic E-state index is 13.9. The minimum atomic E-state index is -0.823. The van der Waals surface area contributed by atoms with Crippen LogP contribution in [0.2, 0.25) is 5.02 Å². The molecule has 6 N–H and O–H groups in total. The quantitative estimate of drug-likeness (QED) is 0.0367. The molecule has 16 rings (SSSR count). The third-order valence-corrected chi connectivity index (χ3v) is 26.7. The number of halogens is 2. The Kier molecular flexibility index (Phi) is 26.0. The number of amides is 9. The van der Waals surface area contributed by atoms with E-state index in [0.717, 1.165) is 75.7 Å². The van der Waals surface area contributed by atoms with E-state index < -0.39 is 54.6 Å². The van der Waals surface area contributed by atoms with E-state index in [1.165, 1.54) is 43.0 Å². The summed E-state index contributed by atoms with van der Waals surface area (Å²) in [5.74, 6) is -2.53. The first-order chi connectivity index (χ1) is 56.6. The Morgan fingerprint density at radius 2 is 0.839 bits per heavy atom. The van der Waals surface area contributed by atoms with Crippen LogP contribution in [0.1, 0.15) is 161 Å². The Hall–Kier alpha value is -9.91. The van der Waals surface area contributed by atoms with E-state index in [1.807, 2.05) is 169 Å². The predicted molar refractivity (Wildman–Crippen MR) is 456 cm³/mol. The number of nitrogens with zero attached hydrogens (tertiary/aromatic N) is 9. The highest BCUT2D eigenvalue weighted by Crippen LogP contribution is 2.46. The van der Waals surface area contributed by atoms with Crippen molar-refractivity contribution in [1.29, 1.82) is 0 Å². The number of carbonyl (C=O) groups is 9. The van der Waals surface area contributed by atoms with Crippen LogP contribution in [0.15, 0.2) is 154 Å². The van der Waals surface area contributed by atoms with Crippen LogP contribution < -0.4 is 16.0 Å². The molecule has 0 unspecified atom stereocenters. The fourth-order valence-corrected chi connectivity index (χ4v) is 20.0. The first kappa shape index (κ1) is 84.5. The molecule has 6 aliphatic heterocycles. The van der Waals surface area contributed by atoms with Crippen LogP contribution in [0.3, 0.4) is 0 Å². The zero-order valence-corrected chi connectivity index (χ0v) is 71.7.